The molecule has 0 aliphatic heterocycles. The molecule has 4 heterocycles. The van der Waals surface area contributed by atoms with E-state index in [1.807, 2.05) is 76.9 Å². The summed E-state index contributed by atoms with van der Waals surface area (Å²) < 4.78 is 5.34. The van der Waals surface area contributed by atoms with Gasteiger partial charge in [0.15, 0.2) is 5.82 Å². The highest BCUT2D eigenvalue weighted by molar-refractivity contribution is 5.81. The fourth-order valence-electron chi connectivity index (χ4n) is 4.40. The largest absolute Gasteiger partial charge is 0.310 e. The van der Waals surface area contributed by atoms with E-state index >= 15 is 0 Å². The van der Waals surface area contributed by atoms with Gasteiger partial charge in [-0.1, -0.05) is 36.4 Å². The molecule has 9 nitrogen and oxygen atoms in total. The van der Waals surface area contributed by atoms with Crippen molar-refractivity contribution in [3.05, 3.63) is 102 Å². The topological polar surface area (TPSA) is 96.3 Å². The Labute approximate surface area is 212 Å². The number of nitrogens with zero attached hydrogens (tertiary/aromatic N) is 8. The van der Waals surface area contributed by atoms with E-state index in [0.717, 1.165) is 22.5 Å². The van der Waals surface area contributed by atoms with Gasteiger partial charge in [0, 0.05) is 17.8 Å². The van der Waals surface area contributed by atoms with Gasteiger partial charge in [0.1, 0.15) is 24.2 Å². The van der Waals surface area contributed by atoms with Crippen LogP contribution < -0.4 is 5.56 Å². The van der Waals surface area contributed by atoms with E-state index in [1.54, 1.807) is 18.7 Å². The molecule has 0 aliphatic carbocycles. The second-order valence-electron chi connectivity index (χ2n) is 9.14. The molecule has 0 bridgehead atoms. The zero-order chi connectivity index (χ0) is 25.5. The van der Waals surface area contributed by atoms with Crippen molar-refractivity contribution in [2.45, 2.75) is 26.8 Å². The molecule has 0 spiro atoms. The van der Waals surface area contributed by atoms with Gasteiger partial charge in [-0.2, -0.15) is 0 Å². The van der Waals surface area contributed by atoms with E-state index in [-0.39, 0.29) is 11.6 Å². The lowest BCUT2D eigenvalue weighted by Crippen LogP contribution is -2.20. The van der Waals surface area contributed by atoms with Crippen LogP contribution in [0.1, 0.15) is 25.5 Å². The number of aryl methyl sites for hydroxylation is 1. The summed E-state index contributed by atoms with van der Waals surface area (Å²) in [6, 6.07) is 19.4. The molecule has 9 heteroatoms. The minimum absolute atomic E-state index is 0.174. The molecule has 182 valence electrons. The summed E-state index contributed by atoms with van der Waals surface area (Å²) in [5, 5.41) is 8.76. The zero-order valence-corrected chi connectivity index (χ0v) is 20.6. The summed E-state index contributed by atoms with van der Waals surface area (Å²) in [5.41, 5.74) is 4.80. The van der Waals surface area contributed by atoms with Crippen molar-refractivity contribution in [1.82, 2.24) is 38.9 Å². The molecule has 0 aliphatic rings. The summed E-state index contributed by atoms with van der Waals surface area (Å²) in [6.45, 7) is 6.11. The van der Waals surface area contributed by atoms with Gasteiger partial charge in [-0.25, -0.2) is 15.0 Å². The second-order valence-corrected chi connectivity index (χ2v) is 9.14. The van der Waals surface area contributed by atoms with Crippen LogP contribution >= 0.6 is 0 Å². The highest BCUT2D eigenvalue weighted by atomic mass is 16.1. The first-order chi connectivity index (χ1) is 18.0. The third-order valence-corrected chi connectivity index (χ3v) is 6.35. The van der Waals surface area contributed by atoms with Gasteiger partial charge in [0.2, 0.25) is 0 Å². The standard InChI is InChI=1S/C28H24N8O/c1-18(2)35-17-31-33-27(35)22-10-7-11-26(32-22)36-16-30-23-12-19(3)25(13-21(23)28(36)37)34-14-24(29-15-34)20-8-5-4-6-9-20/h4-18H,1-3H3. The highest BCUT2D eigenvalue weighted by Gasteiger charge is 2.15. The molecule has 0 radical (unpaired) electrons. The summed E-state index contributed by atoms with van der Waals surface area (Å²) in [5.74, 6) is 1.11. The lowest BCUT2D eigenvalue weighted by atomic mass is 10.1. The average Bonchev–Trinajstić information content (AvgIpc) is 3.60. The van der Waals surface area contributed by atoms with Crippen LogP contribution in [0, 0.1) is 6.92 Å². The van der Waals surface area contributed by atoms with Crippen LogP contribution in [0.4, 0.5) is 0 Å². The molecule has 0 atom stereocenters. The third kappa shape index (κ3) is 4.00. The molecule has 0 amide bonds. The first kappa shape index (κ1) is 22.5. The molecule has 0 fully saturated rings. The molecule has 6 rings (SSSR count). The number of hydrogen-bond acceptors (Lipinski definition) is 6. The molecule has 0 saturated carbocycles. The van der Waals surface area contributed by atoms with Crippen LogP contribution in [0.5, 0.6) is 0 Å². The Kier molecular flexibility index (Phi) is 5.45. The van der Waals surface area contributed by atoms with Crippen LogP contribution in [0.3, 0.4) is 0 Å². The van der Waals surface area contributed by atoms with Gasteiger partial charge >= 0.3 is 0 Å². The van der Waals surface area contributed by atoms with Crippen LogP contribution in [0.15, 0.2) is 90.6 Å². The molecular formula is C28H24N8O. The summed E-state index contributed by atoms with van der Waals surface area (Å²) in [6.07, 6.45) is 6.94. The second kappa shape index (κ2) is 8.94. The first-order valence-electron chi connectivity index (χ1n) is 12.0. The minimum atomic E-state index is -0.204. The molecule has 4 aromatic heterocycles. The molecular weight excluding hydrogens is 464 g/mol. The van der Waals surface area contributed by atoms with Gasteiger partial charge in [0.25, 0.3) is 5.56 Å². The van der Waals surface area contributed by atoms with Crippen molar-refractivity contribution in [2.24, 2.45) is 0 Å². The third-order valence-electron chi connectivity index (χ3n) is 6.35. The maximum absolute atomic E-state index is 13.6. The van der Waals surface area contributed by atoms with Gasteiger partial charge in [-0.3, -0.25) is 9.36 Å². The SMILES string of the molecule is Cc1cc2ncn(-c3cccc(-c4nncn4C(C)C)n3)c(=O)c2cc1-n1cnc(-c2ccccc2)c1. The fraction of sp³-hybridized carbons (Fsp3) is 0.143. The van der Waals surface area contributed by atoms with E-state index in [2.05, 4.69) is 34.0 Å². The molecule has 0 saturated heterocycles. The maximum Gasteiger partial charge on any atom is 0.267 e. The molecule has 0 unspecified atom stereocenters. The van der Waals surface area contributed by atoms with Crippen LogP contribution in [-0.2, 0) is 0 Å². The predicted molar refractivity (Wildman–Crippen MR) is 142 cm³/mol. The lowest BCUT2D eigenvalue weighted by Gasteiger charge is -2.12. The number of hydrogen-bond donors (Lipinski definition) is 0. The Morgan fingerprint density at radius 3 is 2.51 bits per heavy atom. The number of imidazole rings is 1. The van der Waals surface area contributed by atoms with Crippen molar-refractivity contribution < 1.29 is 0 Å². The number of aromatic nitrogens is 8. The van der Waals surface area contributed by atoms with Gasteiger partial charge in [0.05, 0.1) is 28.6 Å². The van der Waals surface area contributed by atoms with E-state index in [4.69, 9.17) is 4.98 Å². The van der Waals surface area contributed by atoms with Crippen molar-refractivity contribution >= 4 is 10.9 Å². The molecule has 2 aromatic carbocycles. The van der Waals surface area contributed by atoms with Crippen LogP contribution in [0.25, 0.3) is 45.2 Å². The average molecular weight is 489 g/mol. The van der Waals surface area contributed by atoms with Crippen molar-refractivity contribution in [3.63, 3.8) is 0 Å². The van der Waals surface area contributed by atoms with Crippen molar-refractivity contribution in [1.29, 1.82) is 0 Å². The van der Waals surface area contributed by atoms with Gasteiger partial charge in [-0.05, 0) is 50.6 Å². The lowest BCUT2D eigenvalue weighted by molar-refractivity contribution is 0.603. The first-order valence-corrected chi connectivity index (χ1v) is 12.0. The number of benzene rings is 2. The molecule has 37 heavy (non-hydrogen) atoms. The van der Waals surface area contributed by atoms with Crippen LogP contribution in [0.2, 0.25) is 0 Å². The number of rotatable bonds is 5. The van der Waals surface area contributed by atoms with E-state index in [1.165, 1.54) is 10.9 Å². The summed E-state index contributed by atoms with van der Waals surface area (Å²) in [7, 11) is 0. The van der Waals surface area contributed by atoms with E-state index in [0.29, 0.717) is 28.2 Å². The Balaban J connectivity index is 1.44. The van der Waals surface area contributed by atoms with E-state index in [9.17, 15) is 4.79 Å². The summed E-state index contributed by atoms with van der Waals surface area (Å²) in [4.78, 5) is 27.5. The van der Waals surface area contributed by atoms with Gasteiger partial charge in [-0.15, -0.1) is 10.2 Å². The molecule has 6 aromatic rings. The quantitative estimate of drug-likeness (QED) is 0.346. The fourth-order valence-corrected chi connectivity index (χ4v) is 4.40. The molecule has 0 N–H and O–H groups in total. The maximum atomic E-state index is 13.6. The monoisotopic (exact) mass is 488 g/mol. The zero-order valence-electron chi connectivity index (χ0n) is 20.6. The Bertz CT molecular complexity index is 1800. The van der Waals surface area contributed by atoms with Gasteiger partial charge < -0.3 is 9.13 Å². The van der Waals surface area contributed by atoms with Crippen molar-refractivity contribution in [3.8, 4) is 34.3 Å². The smallest absolute Gasteiger partial charge is 0.267 e. The highest BCUT2D eigenvalue weighted by Crippen LogP contribution is 2.24. The Morgan fingerprint density at radius 2 is 1.70 bits per heavy atom. The number of fused-ring (bicyclic) bond motifs is 1. The summed E-state index contributed by atoms with van der Waals surface area (Å²) >= 11 is 0. The number of pyridine rings is 1. The van der Waals surface area contributed by atoms with Crippen molar-refractivity contribution in [2.75, 3.05) is 0 Å². The predicted octanol–water partition coefficient (Wildman–Crippen LogP) is 4.78. The van der Waals surface area contributed by atoms with Crippen LogP contribution in [-0.4, -0.2) is 38.9 Å². The Morgan fingerprint density at radius 1 is 0.865 bits per heavy atom. The minimum Gasteiger partial charge on any atom is -0.310 e. The van der Waals surface area contributed by atoms with E-state index < -0.39 is 0 Å². The Hall–Kier alpha value is -4.92. The normalized spacial score (nSPS) is 11.5.